The third-order valence-corrected chi connectivity index (χ3v) is 3.92. The van der Waals surface area contributed by atoms with E-state index < -0.39 is 0 Å². The Bertz CT molecular complexity index is 562. The first kappa shape index (κ1) is 12.3. The Hall–Kier alpha value is -1.72. The smallest absolute Gasteiger partial charge is 0.123 e. The van der Waals surface area contributed by atoms with Crippen LogP contribution >= 0.6 is 11.8 Å². The quantitative estimate of drug-likeness (QED) is 0.916. The normalized spacial score (nSPS) is 17.9. The molecule has 0 amide bonds. The van der Waals surface area contributed by atoms with Gasteiger partial charge in [0.25, 0.3) is 0 Å². The highest BCUT2D eigenvalue weighted by Crippen LogP contribution is 2.29. The van der Waals surface area contributed by atoms with E-state index in [4.69, 9.17) is 0 Å². The molecule has 0 saturated carbocycles. The molecule has 1 aromatic rings. The molecule has 19 heavy (non-hydrogen) atoms. The van der Waals surface area contributed by atoms with Gasteiger partial charge in [-0.05, 0) is 18.6 Å². The van der Waals surface area contributed by atoms with Crippen LogP contribution in [0.5, 0.6) is 0 Å². The van der Waals surface area contributed by atoms with Gasteiger partial charge in [-0.2, -0.15) is 0 Å². The molecule has 1 N–H and O–H groups in total. The standard InChI is InChI=1S/C14H16N4S/c1-11-15-14(8-13-9-17(2)16-18(11)13)19-10-12-6-4-3-5-7-12/h3-9,16H,10H2,1-2H3. The summed E-state index contributed by atoms with van der Waals surface area (Å²) in [5.74, 6) is 1.91. The van der Waals surface area contributed by atoms with Crippen LogP contribution in [0.15, 0.2) is 58.3 Å². The molecule has 0 spiro atoms. The van der Waals surface area contributed by atoms with E-state index in [1.165, 1.54) is 5.56 Å². The SMILES string of the molecule is CC1=NC(SCc2ccccc2)=CC2=CN(C)NN21. The fourth-order valence-electron chi connectivity index (χ4n) is 2.04. The number of benzene rings is 1. The first-order chi connectivity index (χ1) is 9.22. The van der Waals surface area contributed by atoms with Gasteiger partial charge in [0.15, 0.2) is 0 Å². The van der Waals surface area contributed by atoms with Gasteiger partial charge in [0, 0.05) is 19.0 Å². The summed E-state index contributed by atoms with van der Waals surface area (Å²) in [6, 6.07) is 10.5. The molecule has 98 valence electrons. The summed E-state index contributed by atoms with van der Waals surface area (Å²) < 4.78 is 0. The summed E-state index contributed by atoms with van der Waals surface area (Å²) in [6.07, 6.45) is 4.17. The summed E-state index contributed by atoms with van der Waals surface area (Å²) in [7, 11) is 1.98. The highest BCUT2D eigenvalue weighted by atomic mass is 32.2. The molecule has 0 fully saturated rings. The average molecular weight is 272 g/mol. The van der Waals surface area contributed by atoms with Gasteiger partial charge in [-0.1, -0.05) is 30.3 Å². The second kappa shape index (κ2) is 5.11. The van der Waals surface area contributed by atoms with Crippen LogP contribution in [0.3, 0.4) is 0 Å². The van der Waals surface area contributed by atoms with Crippen LogP contribution in [0.1, 0.15) is 12.5 Å². The molecule has 0 radical (unpaired) electrons. The van der Waals surface area contributed by atoms with Crippen molar-refractivity contribution in [2.75, 3.05) is 7.05 Å². The van der Waals surface area contributed by atoms with Crippen LogP contribution in [-0.4, -0.2) is 22.9 Å². The van der Waals surface area contributed by atoms with Crippen LogP contribution in [0.2, 0.25) is 0 Å². The molecule has 4 nitrogen and oxygen atoms in total. The maximum absolute atomic E-state index is 4.61. The molecule has 2 aliphatic rings. The minimum Gasteiger partial charge on any atom is -0.299 e. The number of hydrogen-bond acceptors (Lipinski definition) is 5. The van der Waals surface area contributed by atoms with Gasteiger partial charge in [0.05, 0.1) is 5.70 Å². The lowest BCUT2D eigenvalue weighted by Gasteiger charge is -2.24. The van der Waals surface area contributed by atoms with Gasteiger partial charge < -0.3 is 0 Å². The lowest BCUT2D eigenvalue weighted by Crippen LogP contribution is -2.42. The largest absolute Gasteiger partial charge is 0.299 e. The maximum atomic E-state index is 4.61. The minimum atomic E-state index is 0.944. The topological polar surface area (TPSA) is 30.9 Å². The molecule has 0 atom stereocenters. The fraction of sp³-hybridized carbons (Fsp3) is 0.214. The molecule has 1 aromatic carbocycles. The van der Waals surface area contributed by atoms with Crippen LogP contribution in [0.25, 0.3) is 0 Å². The van der Waals surface area contributed by atoms with Crippen LogP contribution < -0.4 is 5.53 Å². The number of fused-ring (bicyclic) bond motifs is 1. The van der Waals surface area contributed by atoms with Crippen molar-refractivity contribution in [2.24, 2.45) is 4.99 Å². The number of rotatable bonds is 3. The number of hydrogen-bond donors (Lipinski definition) is 1. The molecule has 2 aliphatic heterocycles. The number of nitrogens with one attached hydrogen (secondary N) is 1. The Labute approximate surface area is 117 Å². The van der Waals surface area contributed by atoms with Crippen molar-refractivity contribution in [3.8, 4) is 0 Å². The van der Waals surface area contributed by atoms with E-state index in [1.54, 1.807) is 11.8 Å². The first-order valence-corrected chi connectivity index (χ1v) is 7.16. The van der Waals surface area contributed by atoms with Crippen molar-refractivity contribution >= 4 is 17.6 Å². The van der Waals surface area contributed by atoms with Crippen molar-refractivity contribution in [2.45, 2.75) is 12.7 Å². The van der Waals surface area contributed by atoms with Crippen LogP contribution in [0.4, 0.5) is 0 Å². The Morgan fingerprint density at radius 3 is 2.84 bits per heavy atom. The van der Waals surface area contributed by atoms with Gasteiger partial charge in [0.1, 0.15) is 10.9 Å². The van der Waals surface area contributed by atoms with Crippen molar-refractivity contribution in [3.05, 3.63) is 58.9 Å². The number of thioether (sulfide) groups is 1. The second-order valence-electron chi connectivity index (χ2n) is 4.52. The fourth-order valence-corrected chi connectivity index (χ4v) is 2.94. The zero-order valence-corrected chi connectivity index (χ0v) is 11.8. The molecule has 5 heteroatoms. The minimum absolute atomic E-state index is 0.944. The Balaban J connectivity index is 1.72. The first-order valence-electron chi connectivity index (χ1n) is 6.17. The number of aliphatic imine (C=N–C) groups is 1. The monoisotopic (exact) mass is 272 g/mol. The van der Waals surface area contributed by atoms with Gasteiger partial charge in [-0.25, -0.2) is 10.0 Å². The maximum Gasteiger partial charge on any atom is 0.123 e. The highest BCUT2D eigenvalue weighted by molar-refractivity contribution is 8.02. The Morgan fingerprint density at radius 2 is 2.05 bits per heavy atom. The number of allylic oxidation sites excluding steroid dienone is 1. The zero-order chi connectivity index (χ0) is 13.2. The van der Waals surface area contributed by atoms with E-state index in [0.29, 0.717) is 0 Å². The predicted octanol–water partition coefficient (Wildman–Crippen LogP) is 2.70. The Morgan fingerprint density at radius 1 is 1.26 bits per heavy atom. The van der Waals surface area contributed by atoms with Crippen molar-refractivity contribution in [3.63, 3.8) is 0 Å². The van der Waals surface area contributed by atoms with Gasteiger partial charge in [-0.15, -0.1) is 17.3 Å². The zero-order valence-electron chi connectivity index (χ0n) is 11.0. The lowest BCUT2D eigenvalue weighted by atomic mass is 10.2. The van der Waals surface area contributed by atoms with Crippen molar-refractivity contribution < 1.29 is 0 Å². The van der Waals surface area contributed by atoms with Crippen molar-refractivity contribution in [1.82, 2.24) is 15.6 Å². The molecule has 0 aromatic heterocycles. The van der Waals surface area contributed by atoms with E-state index in [1.807, 2.05) is 30.1 Å². The van der Waals surface area contributed by atoms with Gasteiger partial charge in [0.2, 0.25) is 0 Å². The molecule has 3 rings (SSSR count). The molecule has 0 bridgehead atoms. The van der Waals surface area contributed by atoms with E-state index in [-0.39, 0.29) is 0 Å². The predicted molar refractivity (Wildman–Crippen MR) is 79.7 cm³/mol. The van der Waals surface area contributed by atoms with Crippen LogP contribution in [-0.2, 0) is 5.75 Å². The van der Waals surface area contributed by atoms with E-state index in [2.05, 4.69) is 47.1 Å². The summed E-state index contributed by atoms with van der Waals surface area (Å²) in [5.41, 5.74) is 5.64. The van der Waals surface area contributed by atoms with Crippen molar-refractivity contribution in [1.29, 1.82) is 0 Å². The molecule has 0 unspecified atom stereocenters. The highest BCUT2D eigenvalue weighted by Gasteiger charge is 2.23. The third-order valence-electron chi connectivity index (χ3n) is 2.94. The Kier molecular flexibility index (Phi) is 3.31. The van der Waals surface area contributed by atoms with Crippen LogP contribution in [0, 0.1) is 0 Å². The number of nitrogens with zero attached hydrogens (tertiary/aromatic N) is 3. The van der Waals surface area contributed by atoms with E-state index in [0.717, 1.165) is 22.3 Å². The summed E-state index contributed by atoms with van der Waals surface area (Å²) >= 11 is 1.76. The average Bonchev–Trinajstić information content (AvgIpc) is 2.79. The lowest BCUT2D eigenvalue weighted by molar-refractivity contribution is 0.226. The third kappa shape index (κ3) is 2.67. The molecule has 2 heterocycles. The van der Waals surface area contributed by atoms with E-state index >= 15 is 0 Å². The summed E-state index contributed by atoms with van der Waals surface area (Å²) in [4.78, 5) is 4.61. The number of hydrazine groups is 2. The molecule has 0 aliphatic carbocycles. The summed E-state index contributed by atoms with van der Waals surface area (Å²) in [6.45, 7) is 2.01. The molecular formula is C14H16N4S. The number of amidine groups is 1. The summed E-state index contributed by atoms with van der Waals surface area (Å²) in [5, 5.41) is 4.96. The molecule has 0 saturated heterocycles. The molecular weight excluding hydrogens is 256 g/mol. The van der Waals surface area contributed by atoms with Gasteiger partial charge in [-0.3, -0.25) is 5.01 Å². The van der Waals surface area contributed by atoms with Gasteiger partial charge >= 0.3 is 0 Å². The second-order valence-corrected chi connectivity index (χ2v) is 5.51. The van der Waals surface area contributed by atoms with E-state index in [9.17, 15) is 0 Å².